The summed E-state index contributed by atoms with van der Waals surface area (Å²) < 4.78 is 11.1. The summed E-state index contributed by atoms with van der Waals surface area (Å²) >= 11 is 0. The minimum atomic E-state index is 0.462. The second-order valence-electron chi connectivity index (χ2n) is 4.57. The molecular formula is C14H18N2O2. The van der Waals surface area contributed by atoms with Gasteiger partial charge in [-0.2, -0.15) is 5.26 Å². The van der Waals surface area contributed by atoms with E-state index in [0.29, 0.717) is 19.8 Å². The van der Waals surface area contributed by atoms with Crippen LogP contribution in [0.2, 0.25) is 0 Å². The van der Waals surface area contributed by atoms with Gasteiger partial charge in [0.05, 0.1) is 12.6 Å². The lowest BCUT2D eigenvalue weighted by atomic mass is 10.0. The highest BCUT2D eigenvalue weighted by Gasteiger charge is 2.14. The first kappa shape index (κ1) is 12.7. The maximum atomic E-state index is 8.62. The van der Waals surface area contributed by atoms with Crippen molar-refractivity contribution in [2.45, 2.75) is 13.3 Å². The Morgan fingerprint density at radius 1 is 1.28 bits per heavy atom. The van der Waals surface area contributed by atoms with E-state index in [9.17, 15) is 0 Å². The summed E-state index contributed by atoms with van der Waals surface area (Å²) in [7, 11) is 1.95. The van der Waals surface area contributed by atoms with Gasteiger partial charge in [0.2, 0.25) is 0 Å². The van der Waals surface area contributed by atoms with Gasteiger partial charge < -0.3 is 9.47 Å². The molecule has 1 aliphatic heterocycles. The molecular weight excluding hydrogens is 228 g/mol. The fourth-order valence-electron chi connectivity index (χ4n) is 2.01. The molecule has 0 aromatic heterocycles. The van der Waals surface area contributed by atoms with Crippen molar-refractivity contribution in [3.63, 3.8) is 0 Å². The molecule has 4 nitrogen and oxygen atoms in total. The van der Waals surface area contributed by atoms with Crippen molar-refractivity contribution in [2.24, 2.45) is 0 Å². The Balaban J connectivity index is 2.06. The average molecular weight is 246 g/mol. The summed E-state index contributed by atoms with van der Waals surface area (Å²) in [4.78, 5) is 2.01. The van der Waals surface area contributed by atoms with E-state index in [1.807, 2.05) is 18.0 Å². The molecule has 0 radical (unpaired) electrons. The normalized spacial score (nSPS) is 13.4. The van der Waals surface area contributed by atoms with Crippen LogP contribution in [-0.2, 0) is 6.42 Å². The minimum absolute atomic E-state index is 0.462. The highest BCUT2D eigenvalue weighted by Crippen LogP contribution is 2.33. The lowest BCUT2D eigenvalue weighted by molar-refractivity contribution is 0.171. The van der Waals surface area contributed by atoms with Crippen LogP contribution in [0, 0.1) is 18.3 Å². The van der Waals surface area contributed by atoms with E-state index in [-0.39, 0.29) is 0 Å². The van der Waals surface area contributed by atoms with Crippen molar-refractivity contribution < 1.29 is 9.47 Å². The highest BCUT2D eigenvalue weighted by molar-refractivity contribution is 5.47. The molecule has 0 saturated carbocycles. The van der Waals surface area contributed by atoms with Gasteiger partial charge in [-0.1, -0.05) is 0 Å². The zero-order valence-corrected chi connectivity index (χ0v) is 10.9. The van der Waals surface area contributed by atoms with Crippen LogP contribution < -0.4 is 9.47 Å². The zero-order chi connectivity index (χ0) is 13.0. The third-order valence-electron chi connectivity index (χ3n) is 3.10. The number of nitriles is 1. The topological polar surface area (TPSA) is 45.5 Å². The van der Waals surface area contributed by atoms with Gasteiger partial charge in [-0.05, 0) is 43.7 Å². The summed E-state index contributed by atoms with van der Waals surface area (Å²) in [6, 6.07) is 6.24. The predicted molar refractivity (Wildman–Crippen MR) is 69.0 cm³/mol. The van der Waals surface area contributed by atoms with Crippen LogP contribution in [0.15, 0.2) is 12.1 Å². The summed E-state index contributed by atoms with van der Waals surface area (Å²) in [6.45, 7) is 4.65. The van der Waals surface area contributed by atoms with E-state index in [4.69, 9.17) is 14.7 Å². The maximum absolute atomic E-state index is 8.62. The van der Waals surface area contributed by atoms with Gasteiger partial charge >= 0.3 is 0 Å². The van der Waals surface area contributed by atoms with Crippen molar-refractivity contribution in [2.75, 3.05) is 33.4 Å². The molecule has 96 valence electrons. The quantitative estimate of drug-likeness (QED) is 0.759. The van der Waals surface area contributed by atoms with E-state index in [1.165, 1.54) is 11.1 Å². The molecule has 0 saturated heterocycles. The first-order valence-electron chi connectivity index (χ1n) is 6.15. The van der Waals surface area contributed by atoms with Crippen molar-refractivity contribution in [3.8, 4) is 17.6 Å². The monoisotopic (exact) mass is 246 g/mol. The summed E-state index contributed by atoms with van der Waals surface area (Å²) in [5.74, 6) is 1.68. The molecule has 18 heavy (non-hydrogen) atoms. The van der Waals surface area contributed by atoms with Crippen LogP contribution >= 0.6 is 0 Å². The molecule has 0 spiro atoms. The van der Waals surface area contributed by atoms with Crippen LogP contribution in [0.4, 0.5) is 0 Å². The average Bonchev–Trinajstić information content (AvgIpc) is 2.36. The molecule has 4 heteroatoms. The van der Waals surface area contributed by atoms with Crippen LogP contribution in [-0.4, -0.2) is 38.3 Å². The molecule has 0 unspecified atom stereocenters. The fourth-order valence-corrected chi connectivity index (χ4v) is 2.01. The van der Waals surface area contributed by atoms with E-state index in [2.05, 4.69) is 19.1 Å². The van der Waals surface area contributed by atoms with Gasteiger partial charge in [0.15, 0.2) is 11.5 Å². The third kappa shape index (κ3) is 2.93. The van der Waals surface area contributed by atoms with Crippen molar-refractivity contribution >= 4 is 0 Å². The maximum Gasteiger partial charge on any atom is 0.161 e. The fraction of sp³-hybridized carbons (Fsp3) is 0.500. The number of aryl methyl sites for hydroxylation is 1. The van der Waals surface area contributed by atoms with Gasteiger partial charge in [0.25, 0.3) is 0 Å². The standard InChI is InChI=1S/C14H18N2O2/c1-11-9-13-14(18-8-7-17-13)10-12(11)3-5-16(2)6-4-15/h9-10H,3,5-8H2,1-2H3. The Morgan fingerprint density at radius 3 is 2.61 bits per heavy atom. The van der Waals surface area contributed by atoms with E-state index >= 15 is 0 Å². The molecule has 1 aromatic carbocycles. The minimum Gasteiger partial charge on any atom is -0.486 e. The Morgan fingerprint density at radius 2 is 1.94 bits per heavy atom. The second-order valence-corrected chi connectivity index (χ2v) is 4.57. The summed E-state index contributed by atoms with van der Waals surface area (Å²) in [5.41, 5.74) is 2.47. The molecule has 0 amide bonds. The van der Waals surface area contributed by atoms with Crippen LogP contribution in [0.5, 0.6) is 11.5 Å². The molecule has 0 atom stereocenters. The number of rotatable bonds is 4. The molecule has 1 aliphatic rings. The predicted octanol–water partition coefficient (Wildman–Crippen LogP) is 1.76. The lowest BCUT2D eigenvalue weighted by Gasteiger charge is -2.21. The number of likely N-dealkylation sites (N-methyl/N-ethyl adjacent to an activating group) is 1. The molecule has 0 fully saturated rings. The van der Waals surface area contributed by atoms with Crippen LogP contribution in [0.1, 0.15) is 11.1 Å². The van der Waals surface area contributed by atoms with Gasteiger partial charge in [-0.15, -0.1) is 0 Å². The zero-order valence-electron chi connectivity index (χ0n) is 10.9. The first-order valence-corrected chi connectivity index (χ1v) is 6.15. The van der Waals surface area contributed by atoms with E-state index in [1.54, 1.807) is 0 Å². The third-order valence-corrected chi connectivity index (χ3v) is 3.10. The Bertz CT molecular complexity index is 466. The number of fused-ring (bicyclic) bond motifs is 1. The molecule has 1 heterocycles. The number of hydrogen-bond acceptors (Lipinski definition) is 4. The number of benzene rings is 1. The van der Waals surface area contributed by atoms with Crippen LogP contribution in [0.25, 0.3) is 0 Å². The summed E-state index contributed by atoms with van der Waals surface area (Å²) in [5, 5.41) is 8.62. The first-order chi connectivity index (χ1) is 8.70. The molecule has 2 rings (SSSR count). The molecule has 1 aromatic rings. The smallest absolute Gasteiger partial charge is 0.161 e. The Kier molecular flexibility index (Phi) is 4.06. The van der Waals surface area contributed by atoms with Crippen molar-refractivity contribution in [1.29, 1.82) is 5.26 Å². The molecule has 0 N–H and O–H groups in total. The Hall–Kier alpha value is -1.73. The largest absolute Gasteiger partial charge is 0.486 e. The van der Waals surface area contributed by atoms with Gasteiger partial charge in [-0.3, -0.25) is 4.90 Å². The molecule has 0 bridgehead atoms. The summed E-state index contributed by atoms with van der Waals surface area (Å²) in [6.07, 6.45) is 0.917. The number of ether oxygens (including phenoxy) is 2. The second kappa shape index (κ2) is 5.74. The van der Waals surface area contributed by atoms with E-state index in [0.717, 1.165) is 24.5 Å². The van der Waals surface area contributed by atoms with Crippen LogP contribution in [0.3, 0.4) is 0 Å². The lowest BCUT2D eigenvalue weighted by Crippen LogP contribution is -2.22. The van der Waals surface area contributed by atoms with Crippen molar-refractivity contribution in [3.05, 3.63) is 23.3 Å². The number of hydrogen-bond donors (Lipinski definition) is 0. The Labute approximate surface area is 108 Å². The molecule has 0 aliphatic carbocycles. The van der Waals surface area contributed by atoms with Crippen molar-refractivity contribution in [1.82, 2.24) is 4.90 Å². The van der Waals surface area contributed by atoms with Gasteiger partial charge in [0, 0.05) is 6.54 Å². The highest BCUT2D eigenvalue weighted by atomic mass is 16.6. The SMILES string of the molecule is Cc1cc2c(cc1CCN(C)CC#N)OCCO2. The van der Waals surface area contributed by atoms with E-state index < -0.39 is 0 Å². The number of nitrogens with zero attached hydrogens (tertiary/aromatic N) is 2. The van der Waals surface area contributed by atoms with Gasteiger partial charge in [-0.25, -0.2) is 0 Å². The van der Waals surface area contributed by atoms with Gasteiger partial charge in [0.1, 0.15) is 13.2 Å².